The summed E-state index contributed by atoms with van der Waals surface area (Å²) in [7, 11) is 3.18. The lowest BCUT2D eigenvalue weighted by atomic mass is 10.1. The number of aromatic nitrogens is 3. The molecule has 0 amide bonds. The third-order valence-electron chi connectivity index (χ3n) is 3.88. The van der Waals surface area contributed by atoms with Gasteiger partial charge in [-0.1, -0.05) is 11.6 Å². The van der Waals surface area contributed by atoms with Crippen LogP contribution < -0.4 is 9.47 Å². The minimum Gasteiger partial charge on any atom is -0.497 e. The Bertz CT molecular complexity index is 1110. The molecule has 0 radical (unpaired) electrons. The number of halogens is 1. The highest BCUT2D eigenvalue weighted by atomic mass is 35.5. The first-order chi connectivity index (χ1) is 12.1. The van der Waals surface area contributed by atoms with Crippen LogP contribution in [0, 0.1) is 6.92 Å². The summed E-state index contributed by atoms with van der Waals surface area (Å²) in [6, 6.07) is 8.15. The summed E-state index contributed by atoms with van der Waals surface area (Å²) in [5.74, 6) is 0.714. The Labute approximate surface area is 153 Å². The van der Waals surface area contributed by atoms with E-state index in [9.17, 15) is 0 Å². The van der Waals surface area contributed by atoms with E-state index in [4.69, 9.17) is 26.1 Å². The Morgan fingerprint density at radius 3 is 2.60 bits per heavy atom. The lowest BCUT2D eigenvalue weighted by Crippen LogP contribution is -1.94. The highest BCUT2D eigenvalue weighted by Crippen LogP contribution is 2.39. The maximum atomic E-state index is 6.36. The van der Waals surface area contributed by atoms with E-state index in [-0.39, 0.29) is 0 Å². The fraction of sp³-hybridized carbons (Fsp3) is 0.167. The molecule has 0 N–H and O–H groups in total. The number of benzene rings is 2. The zero-order valence-electron chi connectivity index (χ0n) is 13.8. The molecule has 126 valence electrons. The third-order valence-corrected chi connectivity index (χ3v) is 5.20. The van der Waals surface area contributed by atoms with Crippen LogP contribution in [-0.2, 0) is 0 Å². The normalized spacial score (nSPS) is 11.2. The first-order valence-electron chi connectivity index (χ1n) is 7.55. The van der Waals surface area contributed by atoms with Crippen molar-refractivity contribution < 1.29 is 9.47 Å². The number of aryl methyl sites for hydroxylation is 1. The predicted octanol–water partition coefficient (Wildman–Crippen LogP) is 4.89. The van der Waals surface area contributed by atoms with E-state index in [1.54, 1.807) is 37.8 Å². The van der Waals surface area contributed by atoms with Gasteiger partial charge in [0.1, 0.15) is 16.3 Å². The molecule has 2 heterocycles. The second-order valence-electron chi connectivity index (χ2n) is 5.58. The Morgan fingerprint density at radius 2 is 1.84 bits per heavy atom. The van der Waals surface area contributed by atoms with Gasteiger partial charge in [0, 0.05) is 23.2 Å². The van der Waals surface area contributed by atoms with Gasteiger partial charge in [0.05, 0.1) is 29.5 Å². The zero-order chi connectivity index (χ0) is 17.6. The number of hydrogen-bond donors (Lipinski definition) is 0. The lowest BCUT2D eigenvalue weighted by Gasteiger charge is -2.06. The SMILES string of the molecule is COc1cc(Cl)c2nc(-c3cc(C)cc4cnc(OC)nc34)sc2c1. The van der Waals surface area contributed by atoms with Crippen molar-refractivity contribution in [3.63, 3.8) is 0 Å². The third kappa shape index (κ3) is 2.77. The van der Waals surface area contributed by atoms with Crippen molar-refractivity contribution in [3.8, 4) is 22.3 Å². The number of nitrogens with zero attached hydrogens (tertiary/aromatic N) is 3. The predicted molar refractivity (Wildman–Crippen MR) is 101 cm³/mol. The molecule has 0 unspecified atom stereocenters. The number of thiazole rings is 1. The van der Waals surface area contributed by atoms with Crippen LogP contribution in [0.1, 0.15) is 5.56 Å². The van der Waals surface area contributed by atoms with Crippen molar-refractivity contribution in [2.24, 2.45) is 0 Å². The lowest BCUT2D eigenvalue weighted by molar-refractivity contribution is 0.382. The summed E-state index contributed by atoms with van der Waals surface area (Å²) in [6.45, 7) is 2.04. The average Bonchev–Trinajstić information content (AvgIpc) is 3.05. The summed E-state index contributed by atoms with van der Waals surface area (Å²) in [5.41, 5.74) is 3.61. The molecule has 2 aromatic carbocycles. The molecule has 0 fully saturated rings. The summed E-state index contributed by atoms with van der Waals surface area (Å²) >= 11 is 7.91. The molecule has 0 aliphatic rings. The zero-order valence-corrected chi connectivity index (χ0v) is 15.4. The molecule has 0 aliphatic heterocycles. The smallest absolute Gasteiger partial charge is 0.316 e. The van der Waals surface area contributed by atoms with Crippen LogP contribution >= 0.6 is 22.9 Å². The van der Waals surface area contributed by atoms with Crippen molar-refractivity contribution in [2.75, 3.05) is 14.2 Å². The maximum absolute atomic E-state index is 6.36. The van der Waals surface area contributed by atoms with Gasteiger partial charge in [0.25, 0.3) is 0 Å². The van der Waals surface area contributed by atoms with Crippen molar-refractivity contribution in [3.05, 3.63) is 41.0 Å². The molecule has 7 heteroatoms. The van der Waals surface area contributed by atoms with Gasteiger partial charge in [-0.2, -0.15) is 4.98 Å². The topological polar surface area (TPSA) is 57.1 Å². The molecule has 4 aromatic rings. The van der Waals surface area contributed by atoms with Gasteiger partial charge in [0.2, 0.25) is 0 Å². The highest BCUT2D eigenvalue weighted by molar-refractivity contribution is 7.21. The minimum absolute atomic E-state index is 0.332. The van der Waals surface area contributed by atoms with Crippen molar-refractivity contribution in [2.45, 2.75) is 6.92 Å². The molecule has 2 aromatic heterocycles. The van der Waals surface area contributed by atoms with Gasteiger partial charge in [0.15, 0.2) is 0 Å². The Kier molecular flexibility index (Phi) is 3.94. The van der Waals surface area contributed by atoms with Gasteiger partial charge in [-0.15, -0.1) is 11.3 Å². The maximum Gasteiger partial charge on any atom is 0.316 e. The van der Waals surface area contributed by atoms with E-state index in [0.29, 0.717) is 16.8 Å². The Morgan fingerprint density at radius 1 is 1.00 bits per heavy atom. The van der Waals surface area contributed by atoms with Crippen LogP contribution in [0.3, 0.4) is 0 Å². The molecule has 0 saturated heterocycles. The molecule has 0 bridgehead atoms. The van der Waals surface area contributed by atoms with E-state index >= 15 is 0 Å². The highest BCUT2D eigenvalue weighted by Gasteiger charge is 2.15. The molecule has 25 heavy (non-hydrogen) atoms. The van der Waals surface area contributed by atoms with Crippen molar-refractivity contribution in [1.82, 2.24) is 15.0 Å². The fourth-order valence-corrected chi connectivity index (χ4v) is 4.08. The van der Waals surface area contributed by atoms with Crippen LogP contribution in [0.25, 0.3) is 31.7 Å². The van der Waals surface area contributed by atoms with Crippen molar-refractivity contribution in [1.29, 1.82) is 0 Å². The number of fused-ring (bicyclic) bond motifs is 2. The van der Waals surface area contributed by atoms with Crippen LogP contribution in [0.2, 0.25) is 5.02 Å². The van der Waals surface area contributed by atoms with E-state index in [1.165, 1.54) is 0 Å². The first kappa shape index (κ1) is 16.1. The second-order valence-corrected chi connectivity index (χ2v) is 7.02. The van der Waals surface area contributed by atoms with Crippen LogP contribution in [0.5, 0.6) is 11.8 Å². The molecule has 5 nitrogen and oxygen atoms in total. The minimum atomic E-state index is 0.332. The van der Waals surface area contributed by atoms with Crippen LogP contribution in [0.15, 0.2) is 30.5 Å². The molecular formula is C18H14ClN3O2S. The van der Waals surface area contributed by atoms with Crippen LogP contribution in [-0.4, -0.2) is 29.2 Å². The number of methoxy groups -OCH3 is 2. The molecule has 0 atom stereocenters. The van der Waals surface area contributed by atoms with Crippen LogP contribution in [0.4, 0.5) is 0 Å². The first-order valence-corrected chi connectivity index (χ1v) is 8.74. The number of rotatable bonds is 3. The second kappa shape index (κ2) is 6.13. The molecule has 0 aliphatic carbocycles. The van der Waals surface area contributed by atoms with Gasteiger partial charge in [-0.3, -0.25) is 0 Å². The molecular weight excluding hydrogens is 358 g/mol. The van der Waals surface area contributed by atoms with E-state index in [2.05, 4.69) is 16.0 Å². The average molecular weight is 372 g/mol. The van der Waals surface area contributed by atoms with Crippen molar-refractivity contribution >= 4 is 44.1 Å². The summed E-state index contributed by atoms with van der Waals surface area (Å²) < 4.78 is 11.4. The van der Waals surface area contributed by atoms with Gasteiger partial charge in [-0.05, 0) is 30.7 Å². The largest absolute Gasteiger partial charge is 0.497 e. The van der Waals surface area contributed by atoms with Gasteiger partial charge >= 0.3 is 6.01 Å². The van der Waals surface area contributed by atoms with E-state index < -0.39 is 0 Å². The molecule has 4 rings (SSSR count). The molecule has 0 spiro atoms. The van der Waals surface area contributed by atoms with E-state index in [1.807, 2.05) is 19.1 Å². The molecule has 0 saturated carbocycles. The number of hydrogen-bond acceptors (Lipinski definition) is 6. The van der Waals surface area contributed by atoms with E-state index in [0.717, 1.165) is 37.3 Å². The standard InChI is InChI=1S/C18H14ClN3O2S/c1-9-4-10-8-20-18(24-3)22-15(10)12(5-9)17-21-16-13(19)6-11(23-2)7-14(16)25-17/h4-8H,1-3H3. The Hall–Kier alpha value is -2.44. The van der Waals surface area contributed by atoms with Gasteiger partial charge in [-0.25, -0.2) is 9.97 Å². The monoisotopic (exact) mass is 371 g/mol. The summed E-state index contributed by atoms with van der Waals surface area (Å²) in [5, 5.41) is 2.36. The summed E-state index contributed by atoms with van der Waals surface area (Å²) in [6.07, 6.45) is 1.76. The van der Waals surface area contributed by atoms with Gasteiger partial charge < -0.3 is 9.47 Å². The number of ether oxygens (including phenoxy) is 2. The quantitative estimate of drug-likeness (QED) is 0.513. The summed E-state index contributed by atoms with van der Waals surface area (Å²) in [4.78, 5) is 13.4. The fourth-order valence-electron chi connectivity index (χ4n) is 2.74. The Balaban J connectivity index is 2.00.